The summed E-state index contributed by atoms with van der Waals surface area (Å²) >= 11 is 5.81. The van der Waals surface area contributed by atoms with E-state index in [0.29, 0.717) is 11.1 Å². The van der Waals surface area contributed by atoms with E-state index in [1.807, 2.05) is 6.92 Å². The topological polar surface area (TPSA) is 25.8 Å². The first-order chi connectivity index (χ1) is 6.08. The van der Waals surface area contributed by atoms with Gasteiger partial charge in [0.1, 0.15) is 11.0 Å². The van der Waals surface area contributed by atoms with Gasteiger partial charge in [-0.3, -0.25) is 0 Å². The standard InChI is InChI=1S/C10H15ClN2/c1-7(2)4-5-10-12-8(3)6-9(11)13-10/h6-7H,4-5H2,1-3H3. The molecule has 0 N–H and O–H groups in total. The molecule has 0 saturated heterocycles. The minimum absolute atomic E-state index is 0.547. The first kappa shape index (κ1) is 10.5. The van der Waals surface area contributed by atoms with Crippen LogP contribution in [0.15, 0.2) is 6.07 Å². The highest BCUT2D eigenvalue weighted by Gasteiger charge is 2.01. The van der Waals surface area contributed by atoms with Gasteiger partial charge in [0.2, 0.25) is 0 Å². The fraction of sp³-hybridized carbons (Fsp3) is 0.600. The van der Waals surface area contributed by atoms with Gasteiger partial charge in [-0.2, -0.15) is 0 Å². The van der Waals surface area contributed by atoms with Crippen molar-refractivity contribution in [3.8, 4) is 0 Å². The summed E-state index contributed by atoms with van der Waals surface area (Å²) in [6.45, 7) is 6.32. The van der Waals surface area contributed by atoms with Crippen molar-refractivity contribution in [3.63, 3.8) is 0 Å². The van der Waals surface area contributed by atoms with Crippen LogP contribution in [-0.2, 0) is 6.42 Å². The van der Waals surface area contributed by atoms with E-state index in [-0.39, 0.29) is 0 Å². The zero-order chi connectivity index (χ0) is 9.84. The number of rotatable bonds is 3. The molecule has 0 fully saturated rings. The molecule has 0 atom stereocenters. The lowest BCUT2D eigenvalue weighted by atomic mass is 10.1. The molecular formula is C10H15ClN2. The van der Waals surface area contributed by atoms with Gasteiger partial charge in [0, 0.05) is 12.1 Å². The van der Waals surface area contributed by atoms with Crippen LogP contribution in [0, 0.1) is 12.8 Å². The number of halogens is 1. The van der Waals surface area contributed by atoms with Crippen LogP contribution in [-0.4, -0.2) is 9.97 Å². The van der Waals surface area contributed by atoms with Crippen LogP contribution in [0.3, 0.4) is 0 Å². The predicted octanol–water partition coefficient (Wildman–Crippen LogP) is 3.03. The molecule has 1 aromatic rings. The van der Waals surface area contributed by atoms with E-state index in [1.54, 1.807) is 6.07 Å². The quantitative estimate of drug-likeness (QED) is 0.698. The average Bonchev–Trinajstić information content (AvgIpc) is 1.99. The normalized spacial score (nSPS) is 10.8. The van der Waals surface area contributed by atoms with Crippen molar-refractivity contribution >= 4 is 11.6 Å². The zero-order valence-corrected chi connectivity index (χ0v) is 9.10. The van der Waals surface area contributed by atoms with Crippen LogP contribution in [0.2, 0.25) is 5.15 Å². The molecule has 0 spiro atoms. The molecule has 0 amide bonds. The molecule has 1 aromatic heterocycles. The number of aromatic nitrogens is 2. The number of nitrogens with zero attached hydrogens (tertiary/aromatic N) is 2. The third-order valence-corrected chi connectivity index (χ3v) is 2.01. The predicted molar refractivity (Wildman–Crippen MR) is 54.9 cm³/mol. The van der Waals surface area contributed by atoms with Crippen molar-refractivity contribution in [2.45, 2.75) is 33.6 Å². The lowest BCUT2D eigenvalue weighted by Crippen LogP contribution is -1.99. The third-order valence-electron chi connectivity index (χ3n) is 1.81. The Morgan fingerprint density at radius 1 is 1.38 bits per heavy atom. The van der Waals surface area contributed by atoms with E-state index in [9.17, 15) is 0 Å². The van der Waals surface area contributed by atoms with Crippen LogP contribution in [0.4, 0.5) is 0 Å². The van der Waals surface area contributed by atoms with Crippen LogP contribution in [0.5, 0.6) is 0 Å². The fourth-order valence-electron chi connectivity index (χ4n) is 1.12. The molecule has 0 radical (unpaired) electrons. The summed E-state index contributed by atoms with van der Waals surface area (Å²) in [4.78, 5) is 8.47. The lowest BCUT2D eigenvalue weighted by Gasteiger charge is -2.04. The molecule has 0 aliphatic heterocycles. The van der Waals surface area contributed by atoms with Crippen molar-refractivity contribution in [2.75, 3.05) is 0 Å². The van der Waals surface area contributed by atoms with Crippen LogP contribution >= 0.6 is 11.6 Å². The molecule has 0 saturated carbocycles. The Hall–Kier alpha value is -0.630. The molecular weight excluding hydrogens is 184 g/mol. The smallest absolute Gasteiger partial charge is 0.133 e. The van der Waals surface area contributed by atoms with E-state index < -0.39 is 0 Å². The zero-order valence-electron chi connectivity index (χ0n) is 8.34. The van der Waals surface area contributed by atoms with E-state index in [2.05, 4.69) is 23.8 Å². The molecule has 72 valence electrons. The molecule has 1 rings (SSSR count). The Balaban J connectivity index is 2.66. The summed E-state index contributed by atoms with van der Waals surface area (Å²) in [5, 5.41) is 0.547. The molecule has 2 nitrogen and oxygen atoms in total. The van der Waals surface area contributed by atoms with Crippen molar-refractivity contribution in [3.05, 3.63) is 22.7 Å². The maximum Gasteiger partial charge on any atom is 0.133 e. The summed E-state index contributed by atoms with van der Waals surface area (Å²) in [6, 6.07) is 1.78. The van der Waals surface area contributed by atoms with Gasteiger partial charge in [-0.05, 0) is 25.3 Å². The minimum Gasteiger partial charge on any atom is -0.238 e. The maximum atomic E-state index is 5.81. The average molecular weight is 199 g/mol. The highest BCUT2D eigenvalue weighted by atomic mass is 35.5. The lowest BCUT2D eigenvalue weighted by molar-refractivity contribution is 0.574. The van der Waals surface area contributed by atoms with E-state index in [1.165, 1.54) is 0 Å². The van der Waals surface area contributed by atoms with Crippen molar-refractivity contribution in [2.24, 2.45) is 5.92 Å². The van der Waals surface area contributed by atoms with Gasteiger partial charge < -0.3 is 0 Å². The van der Waals surface area contributed by atoms with Gasteiger partial charge in [-0.1, -0.05) is 25.4 Å². The minimum atomic E-state index is 0.547. The van der Waals surface area contributed by atoms with Crippen LogP contribution < -0.4 is 0 Å². The Kier molecular flexibility index (Phi) is 3.67. The Morgan fingerprint density at radius 3 is 2.62 bits per heavy atom. The summed E-state index contributed by atoms with van der Waals surface area (Å²) in [6.07, 6.45) is 2.03. The highest BCUT2D eigenvalue weighted by molar-refractivity contribution is 6.29. The van der Waals surface area contributed by atoms with Crippen LogP contribution in [0.1, 0.15) is 31.8 Å². The van der Waals surface area contributed by atoms with E-state index in [4.69, 9.17) is 11.6 Å². The van der Waals surface area contributed by atoms with Crippen molar-refractivity contribution in [1.82, 2.24) is 9.97 Å². The summed E-state index contributed by atoms with van der Waals surface area (Å²) in [7, 11) is 0. The largest absolute Gasteiger partial charge is 0.238 e. The Bertz CT molecular complexity index is 264. The first-order valence-corrected chi connectivity index (χ1v) is 4.96. The molecule has 1 heterocycles. The van der Waals surface area contributed by atoms with Gasteiger partial charge in [0.25, 0.3) is 0 Å². The molecule has 0 aliphatic rings. The summed E-state index contributed by atoms with van der Waals surface area (Å²) < 4.78 is 0. The molecule has 13 heavy (non-hydrogen) atoms. The number of hydrogen-bond donors (Lipinski definition) is 0. The van der Waals surface area contributed by atoms with Crippen molar-refractivity contribution in [1.29, 1.82) is 0 Å². The van der Waals surface area contributed by atoms with Gasteiger partial charge >= 0.3 is 0 Å². The SMILES string of the molecule is Cc1cc(Cl)nc(CCC(C)C)n1. The molecule has 0 aliphatic carbocycles. The third kappa shape index (κ3) is 3.73. The second-order valence-electron chi connectivity index (χ2n) is 3.68. The summed E-state index contributed by atoms with van der Waals surface area (Å²) in [5.41, 5.74) is 0.943. The second-order valence-corrected chi connectivity index (χ2v) is 4.07. The second kappa shape index (κ2) is 4.56. The number of aryl methyl sites for hydroxylation is 2. The maximum absolute atomic E-state index is 5.81. The van der Waals surface area contributed by atoms with Crippen LogP contribution in [0.25, 0.3) is 0 Å². The molecule has 0 aromatic carbocycles. The molecule has 0 bridgehead atoms. The Morgan fingerprint density at radius 2 is 2.08 bits per heavy atom. The van der Waals surface area contributed by atoms with E-state index in [0.717, 1.165) is 24.4 Å². The van der Waals surface area contributed by atoms with Gasteiger partial charge in [0.15, 0.2) is 0 Å². The van der Waals surface area contributed by atoms with Crippen molar-refractivity contribution < 1.29 is 0 Å². The fourth-order valence-corrected chi connectivity index (χ4v) is 1.37. The molecule has 0 unspecified atom stereocenters. The van der Waals surface area contributed by atoms with Gasteiger partial charge in [-0.15, -0.1) is 0 Å². The van der Waals surface area contributed by atoms with Gasteiger partial charge in [-0.25, -0.2) is 9.97 Å². The Labute approximate surface area is 84.4 Å². The van der Waals surface area contributed by atoms with Gasteiger partial charge in [0.05, 0.1) is 0 Å². The molecule has 3 heteroatoms. The number of hydrogen-bond acceptors (Lipinski definition) is 2. The first-order valence-electron chi connectivity index (χ1n) is 4.58. The van der Waals surface area contributed by atoms with E-state index >= 15 is 0 Å². The monoisotopic (exact) mass is 198 g/mol. The summed E-state index contributed by atoms with van der Waals surface area (Å²) in [5.74, 6) is 1.54. The highest BCUT2D eigenvalue weighted by Crippen LogP contribution is 2.10.